The van der Waals surface area contributed by atoms with Crippen molar-refractivity contribution in [2.75, 3.05) is 0 Å². The van der Waals surface area contributed by atoms with Crippen molar-refractivity contribution in [2.45, 2.75) is 24.1 Å². The van der Waals surface area contributed by atoms with Crippen molar-refractivity contribution in [3.8, 4) is 34.0 Å². The first-order chi connectivity index (χ1) is 18.3. The summed E-state index contributed by atoms with van der Waals surface area (Å²) in [6.07, 6.45) is -8.64. The molecule has 4 rings (SSSR count). The maximum Gasteiger partial charge on any atom is 0.418 e. The number of benzene rings is 2. The summed E-state index contributed by atoms with van der Waals surface area (Å²) in [6, 6.07) is 11.7. The Balaban J connectivity index is 1.86. The van der Waals surface area contributed by atoms with Crippen LogP contribution >= 0.6 is 46.4 Å². The topological polar surface area (TPSA) is 35.0 Å². The van der Waals surface area contributed by atoms with E-state index in [9.17, 15) is 26.3 Å². The van der Waals surface area contributed by atoms with Crippen LogP contribution in [0.4, 0.5) is 26.3 Å². The van der Waals surface area contributed by atoms with Crippen molar-refractivity contribution in [1.82, 2.24) is 9.97 Å². The standard InChI is InChI=1S/C26H14Cl4F6N2O/c27-9-13-1-5-15(6-2-13)19-17(25(31,32)33)11-37-23(21(19)29)39-24-22(30)20(18(12-38-24)26(34,35)36)16-7-3-14(10-28)4-8-16/h1-8,11-12H,9-10H2. The fraction of sp³-hybridized carbons (Fsp3) is 0.154. The lowest BCUT2D eigenvalue weighted by Crippen LogP contribution is -2.10. The maximum atomic E-state index is 13.8. The Hall–Kier alpha value is -2.72. The van der Waals surface area contributed by atoms with Crippen LogP contribution in [0.25, 0.3) is 22.3 Å². The lowest BCUT2D eigenvalue weighted by molar-refractivity contribution is -0.138. The summed E-state index contributed by atoms with van der Waals surface area (Å²) in [5.41, 5.74) is -1.72. The van der Waals surface area contributed by atoms with Gasteiger partial charge < -0.3 is 4.74 Å². The molecule has 0 fully saturated rings. The van der Waals surface area contributed by atoms with Crippen LogP contribution < -0.4 is 4.74 Å². The average molecular weight is 626 g/mol. The van der Waals surface area contributed by atoms with Crippen LogP contribution in [-0.4, -0.2) is 9.97 Å². The SMILES string of the molecule is FC(F)(F)c1cnc(Oc2ncc(C(F)(F)F)c(-c3ccc(CCl)cc3)c2Cl)c(Cl)c1-c1ccc(CCl)cc1. The Labute approximate surface area is 238 Å². The van der Waals surface area contributed by atoms with E-state index in [2.05, 4.69) is 9.97 Å². The highest BCUT2D eigenvalue weighted by atomic mass is 35.5. The van der Waals surface area contributed by atoms with Crippen LogP contribution in [0.15, 0.2) is 60.9 Å². The quantitative estimate of drug-likeness (QED) is 0.158. The third-order valence-electron chi connectivity index (χ3n) is 5.57. The minimum atomic E-state index is -4.83. The second kappa shape index (κ2) is 11.4. The van der Waals surface area contributed by atoms with Gasteiger partial charge in [0.25, 0.3) is 0 Å². The molecule has 0 unspecified atom stereocenters. The third-order valence-corrected chi connectivity index (χ3v) is 6.89. The molecule has 2 aromatic heterocycles. The number of aromatic nitrogens is 2. The molecule has 0 aliphatic heterocycles. The number of nitrogens with zero attached hydrogens (tertiary/aromatic N) is 2. The molecule has 13 heteroatoms. The van der Waals surface area contributed by atoms with Crippen molar-refractivity contribution in [1.29, 1.82) is 0 Å². The summed E-state index contributed by atoms with van der Waals surface area (Å²) in [7, 11) is 0. The van der Waals surface area contributed by atoms with Gasteiger partial charge in [-0.15, -0.1) is 23.2 Å². The molecular formula is C26H14Cl4F6N2O. The number of ether oxygens (including phenoxy) is 1. The molecule has 0 spiro atoms. The Morgan fingerprint density at radius 1 is 0.590 bits per heavy atom. The molecule has 3 nitrogen and oxygen atoms in total. The molecule has 0 saturated carbocycles. The van der Waals surface area contributed by atoms with Gasteiger partial charge >= 0.3 is 12.4 Å². The average Bonchev–Trinajstić information content (AvgIpc) is 2.89. The van der Waals surface area contributed by atoms with Crippen LogP contribution in [0.2, 0.25) is 10.0 Å². The van der Waals surface area contributed by atoms with E-state index in [1.54, 1.807) is 0 Å². The van der Waals surface area contributed by atoms with E-state index >= 15 is 0 Å². The van der Waals surface area contributed by atoms with Crippen LogP contribution in [-0.2, 0) is 24.1 Å². The van der Waals surface area contributed by atoms with Gasteiger partial charge in [-0.05, 0) is 22.3 Å². The Morgan fingerprint density at radius 2 is 0.923 bits per heavy atom. The highest BCUT2D eigenvalue weighted by Gasteiger charge is 2.38. The summed E-state index contributed by atoms with van der Waals surface area (Å²) < 4.78 is 88.5. The van der Waals surface area contributed by atoms with E-state index in [-0.39, 0.29) is 22.9 Å². The first-order valence-corrected chi connectivity index (χ1v) is 12.7. The first-order valence-electron chi connectivity index (χ1n) is 10.8. The van der Waals surface area contributed by atoms with E-state index in [1.807, 2.05) is 0 Å². The van der Waals surface area contributed by atoms with Crippen molar-refractivity contribution in [2.24, 2.45) is 0 Å². The number of halogens is 10. The van der Waals surface area contributed by atoms with Gasteiger partial charge in [0, 0.05) is 35.3 Å². The molecule has 0 radical (unpaired) electrons. The minimum absolute atomic E-state index is 0.0833. The highest BCUT2D eigenvalue weighted by molar-refractivity contribution is 6.35. The van der Waals surface area contributed by atoms with Gasteiger partial charge in [-0.25, -0.2) is 9.97 Å². The summed E-state index contributed by atoms with van der Waals surface area (Å²) in [5, 5.41) is -1.09. The zero-order valence-corrected chi connectivity index (χ0v) is 22.3. The number of pyridine rings is 2. The molecule has 2 aromatic carbocycles. The molecule has 0 aliphatic rings. The zero-order valence-electron chi connectivity index (χ0n) is 19.3. The van der Waals surface area contributed by atoms with Gasteiger partial charge in [0.2, 0.25) is 11.8 Å². The van der Waals surface area contributed by atoms with Gasteiger partial charge in [-0.1, -0.05) is 71.7 Å². The molecular weight excluding hydrogens is 612 g/mol. The summed E-state index contributed by atoms with van der Waals surface area (Å²) in [5.74, 6) is -0.808. The molecule has 0 saturated heterocycles. The van der Waals surface area contributed by atoms with Gasteiger partial charge in [0.15, 0.2) is 0 Å². The molecule has 4 aromatic rings. The van der Waals surface area contributed by atoms with Gasteiger partial charge in [-0.2, -0.15) is 26.3 Å². The van der Waals surface area contributed by atoms with Crippen LogP contribution in [0.3, 0.4) is 0 Å². The van der Waals surface area contributed by atoms with Crippen molar-refractivity contribution in [3.05, 3.63) is 93.2 Å². The molecule has 0 bridgehead atoms. The zero-order chi connectivity index (χ0) is 28.5. The minimum Gasteiger partial charge on any atom is -0.417 e. The molecule has 39 heavy (non-hydrogen) atoms. The number of alkyl halides is 8. The Kier molecular flexibility index (Phi) is 8.56. The van der Waals surface area contributed by atoms with Crippen LogP contribution in [0.1, 0.15) is 22.3 Å². The monoisotopic (exact) mass is 624 g/mol. The fourth-order valence-corrected chi connectivity index (χ4v) is 4.64. The molecule has 0 atom stereocenters. The normalized spacial score (nSPS) is 12.1. The molecule has 2 heterocycles. The van der Waals surface area contributed by atoms with Crippen molar-refractivity contribution in [3.63, 3.8) is 0 Å². The lowest BCUT2D eigenvalue weighted by Gasteiger charge is -2.19. The maximum absolute atomic E-state index is 13.8. The van der Waals surface area contributed by atoms with Crippen LogP contribution in [0.5, 0.6) is 11.8 Å². The van der Waals surface area contributed by atoms with Crippen LogP contribution in [0, 0.1) is 0 Å². The second-order valence-electron chi connectivity index (χ2n) is 8.09. The lowest BCUT2D eigenvalue weighted by atomic mass is 9.99. The number of rotatable bonds is 6. The fourth-order valence-electron chi connectivity index (χ4n) is 3.69. The van der Waals surface area contributed by atoms with Gasteiger partial charge in [0.05, 0.1) is 11.1 Å². The van der Waals surface area contributed by atoms with Gasteiger partial charge in [0.1, 0.15) is 10.0 Å². The molecule has 0 amide bonds. The highest BCUT2D eigenvalue weighted by Crippen LogP contribution is 2.47. The van der Waals surface area contributed by atoms with E-state index in [4.69, 9.17) is 51.1 Å². The smallest absolute Gasteiger partial charge is 0.417 e. The Bertz CT molecular complexity index is 1380. The predicted octanol–water partition coefficient (Wildman–Crippen LogP) is 10.4. The number of hydrogen-bond acceptors (Lipinski definition) is 3. The third kappa shape index (κ3) is 6.22. The van der Waals surface area contributed by atoms with E-state index < -0.39 is 56.4 Å². The second-order valence-corrected chi connectivity index (χ2v) is 9.38. The van der Waals surface area contributed by atoms with E-state index in [1.165, 1.54) is 48.5 Å². The molecule has 0 aliphatic carbocycles. The van der Waals surface area contributed by atoms with Crippen molar-refractivity contribution >= 4 is 46.4 Å². The summed E-state index contributed by atoms with van der Waals surface area (Å²) in [6.45, 7) is 0. The van der Waals surface area contributed by atoms with E-state index in [0.717, 1.165) is 0 Å². The first kappa shape index (κ1) is 29.3. The summed E-state index contributed by atoms with van der Waals surface area (Å²) >= 11 is 24.2. The van der Waals surface area contributed by atoms with Crippen molar-refractivity contribution < 1.29 is 31.1 Å². The molecule has 204 valence electrons. The predicted molar refractivity (Wildman–Crippen MR) is 139 cm³/mol. The van der Waals surface area contributed by atoms with E-state index in [0.29, 0.717) is 23.5 Å². The Morgan fingerprint density at radius 3 is 1.21 bits per heavy atom. The molecule has 0 N–H and O–H groups in total. The largest absolute Gasteiger partial charge is 0.418 e. The number of hydrogen-bond donors (Lipinski definition) is 0. The van der Waals surface area contributed by atoms with Gasteiger partial charge in [-0.3, -0.25) is 0 Å². The summed E-state index contributed by atoms with van der Waals surface area (Å²) in [4.78, 5) is 7.33.